The highest BCUT2D eigenvalue weighted by atomic mass is 35.5. The maximum absolute atomic E-state index is 9.22. The fraction of sp³-hybridized carbons (Fsp3) is 0. The van der Waals surface area contributed by atoms with Crippen LogP contribution in [0.1, 0.15) is 0 Å². The molecule has 0 aliphatic rings. The quantitative estimate of drug-likeness (QED) is 0.783. The van der Waals surface area contributed by atoms with Gasteiger partial charge in [-0.3, -0.25) is 0 Å². The van der Waals surface area contributed by atoms with Crippen LogP contribution in [0.3, 0.4) is 0 Å². The van der Waals surface area contributed by atoms with Crippen LogP contribution >= 0.6 is 23.2 Å². The summed E-state index contributed by atoms with van der Waals surface area (Å²) in [6.45, 7) is 0. The van der Waals surface area contributed by atoms with Gasteiger partial charge in [0.15, 0.2) is 0 Å². The second-order valence-corrected chi connectivity index (χ2v) is 4.01. The SMILES string of the molecule is Oc1ccc(-c2ccc(Cl)cc2)c(Cl)c1. The van der Waals surface area contributed by atoms with E-state index in [0.717, 1.165) is 11.1 Å². The molecule has 0 saturated carbocycles. The van der Waals surface area contributed by atoms with Crippen molar-refractivity contribution in [3.8, 4) is 16.9 Å². The highest BCUT2D eigenvalue weighted by Crippen LogP contribution is 2.31. The minimum Gasteiger partial charge on any atom is -0.508 e. The van der Waals surface area contributed by atoms with E-state index in [2.05, 4.69) is 0 Å². The summed E-state index contributed by atoms with van der Waals surface area (Å²) in [5.41, 5.74) is 1.86. The monoisotopic (exact) mass is 238 g/mol. The molecule has 2 rings (SSSR count). The van der Waals surface area contributed by atoms with E-state index < -0.39 is 0 Å². The molecule has 0 heterocycles. The minimum atomic E-state index is 0.165. The van der Waals surface area contributed by atoms with Crippen LogP contribution in [-0.4, -0.2) is 5.11 Å². The molecule has 0 amide bonds. The Morgan fingerprint density at radius 1 is 0.867 bits per heavy atom. The van der Waals surface area contributed by atoms with Crippen molar-refractivity contribution in [2.24, 2.45) is 0 Å². The molecule has 3 heteroatoms. The molecule has 15 heavy (non-hydrogen) atoms. The first-order valence-corrected chi connectivity index (χ1v) is 5.17. The summed E-state index contributed by atoms with van der Waals surface area (Å²) in [6.07, 6.45) is 0. The van der Waals surface area contributed by atoms with Gasteiger partial charge in [-0.15, -0.1) is 0 Å². The van der Waals surface area contributed by atoms with Crippen LogP contribution in [0.4, 0.5) is 0 Å². The van der Waals surface area contributed by atoms with Gasteiger partial charge >= 0.3 is 0 Å². The molecule has 1 N–H and O–H groups in total. The van der Waals surface area contributed by atoms with E-state index >= 15 is 0 Å². The van der Waals surface area contributed by atoms with Crippen molar-refractivity contribution < 1.29 is 5.11 Å². The molecule has 76 valence electrons. The zero-order valence-electron chi connectivity index (χ0n) is 7.74. The lowest BCUT2D eigenvalue weighted by atomic mass is 10.1. The third-order valence-electron chi connectivity index (χ3n) is 2.11. The fourth-order valence-electron chi connectivity index (χ4n) is 1.37. The molecule has 0 spiro atoms. The van der Waals surface area contributed by atoms with E-state index in [1.54, 1.807) is 24.3 Å². The van der Waals surface area contributed by atoms with E-state index in [1.165, 1.54) is 6.07 Å². The molecular weight excluding hydrogens is 231 g/mol. The second kappa shape index (κ2) is 4.13. The van der Waals surface area contributed by atoms with Gasteiger partial charge < -0.3 is 5.11 Å². The molecule has 0 fully saturated rings. The van der Waals surface area contributed by atoms with Gasteiger partial charge in [-0.25, -0.2) is 0 Å². The number of phenols is 1. The topological polar surface area (TPSA) is 20.2 Å². The first-order chi connectivity index (χ1) is 7.16. The zero-order valence-corrected chi connectivity index (χ0v) is 9.26. The number of hydrogen-bond acceptors (Lipinski definition) is 1. The highest BCUT2D eigenvalue weighted by molar-refractivity contribution is 6.33. The van der Waals surface area contributed by atoms with Crippen molar-refractivity contribution in [1.82, 2.24) is 0 Å². The smallest absolute Gasteiger partial charge is 0.117 e. The van der Waals surface area contributed by atoms with Crippen LogP contribution in [0.25, 0.3) is 11.1 Å². The van der Waals surface area contributed by atoms with Crippen molar-refractivity contribution in [3.63, 3.8) is 0 Å². The number of aromatic hydroxyl groups is 1. The molecule has 0 unspecified atom stereocenters. The summed E-state index contributed by atoms with van der Waals surface area (Å²) in [5, 5.41) is 10.4. The zero-order chi connectivity index (χ0) is 10.8. The summed E-state index contributed by atoms with van der Waals surface area (Å²) >= 11 is 11.8. The average Bonchev–Trinajstić information content (AvgIpc) is 2.20. The Morgan fingerprint density at radius 2 is 1.53 bits per heavy atom. The van der Waals surface area contributed by atoms with E-state index in [1.807, 2.05) is 12.1 Å². The Kier molecular flexibility index (Phi) is 2.85. The summed E-state index contributed by atoms with van der Waals surface area (Å²) in [7, 11) is 0. The van der Waals surface area contributed by atoms with Crippen LogP contribution in [0, 0.1) is 0 Å². The summed E-state index contributed by atoms with van der Waals surface area (Å²) < 4.78 is 0. The molecule has 2 aromatic rings. The van der Waals surface area contributed by atoms with Crippen LogP contribution in [0.15, 0.2) is 42.5 Å². The lowest BCUT2D eigenvalue weighted by Crippen LogP contribution is -1.79. The molecule has 2 aromatic carbocycles. The van der Waals surface area contributed by atoms with Crippen molar-refractivity contribution in [2.45, 2.75) is 0 Å². The van der Waals surface area contributed by atoms with Gasteiger partial charge in [0.1, 0.15) is 5.75 Å². The van der Waals surface area contributed by atoms with Gasteiger partial charge in [0.05, 0.1) is 5.02 Å². The lowest BCUT2D eigenvalue weighted by molar-refractivity contribution is 0.475. The third kappa shape index (κ3) is 2.25. The molecule has 1 nitrogen and oxygen atoms in total. The largest absolute Gasteiger partial charge is 0.508 e. The normalized spacial score (nSPS) is 10.3. The predicted octanol–water partition coefficient (Wildman–Crippen LogP) is 4.37. The first kappa shape index (κ1) is 10.3. The molecular formula is C12H8Cl2O. The molecule has 0 radical (unpaired) electrons. The van der Waals surface area contributed by atoms with Gasteiger partial charge in [0, 0.05) is 10.6 Å². The fourth-order valence-corrected chi connectivity index (χ4v) is 1.78. The van der Waals surface area contributed by atoms with Gasteiger partial charge in [0.2, 0.25) is 0 Å². The Morgan fingerprint density at radius 3 is 2.13 bits per heavy atom. The second-order valence-electron chi connectivity index (χ2n) is 3.17. The molecule has 0 aromatic heterocycles. The van der Waals surface area contributed by atoms with Gasteiger partial charge in [0.25, 0.3) is 0 Å². The van der Waals surface area contributed by atoms with Crippen LogP contribution in [0.5, 0.6) is 5.75 Å². The Hall–Kier alpha value is -1.18. The van der Waals surface area contributed by atoms with E-state index in [-0.39, 0.29) is 5.75 Å². The van der Waals surface area contributed by atoms with Gasteiger partial charge in [-0.2, -0.15) is 0 Å². The Balaban J connectivity index is 2.49. The summed E-state index contributed by atoms with van der Waals surface area (Å²) in [4.78, 5) is 0. The Bertz CT molecular complexity index is 477. The third-order valence-corrected chi connectivity index (χ3v) is 2.67. The van der Waals surface area contributed by atoms with Crippen molar-refractivity contribution >= 4 is 23.2 Å². The number of halogens is 2. The van der Waals surface area contributed by atoms with E-state index in [9.17, 15) is 5.11 Å². The number of hydrogen-bond donors (Lipinski definition) is 1. The van der Waals surface area contributed by atoms with Crippen LogP contribution in [0.2, 0.25) is 10.0 Å². The summed E-state index contributed by atoms with van der Waals surface area (Å²) in [6, 6.07) is 12.3. The predicted molar refractivity (Wildman–Crippen MR) is 63.6 cm³/mol. The van der Waals surface area contributed by atoms with Crippen LogP contribution < -0.4 is 0 Å². The summed E-state index contributed by atoms with van der Waals surface area (Å²) in [5.74, 6) is 0.165. The van der Waals surface area contributed by atoms with Crippen molar-refractivity contribution in [2.75, 3.05) is 0 Å². The average molecular weight is 239 g/mol. The van der Waals surface area contributed by atoms with Gasteiger partial charge in [-0.1, -0.05) is 35.3 Å². The molecule has 0 aliphatic heterocycles. The standard InChI is InChI=1S/C12H8Cl2O/c13-9-3-1-8(2-4-9)11-6-5-10(15)7-12(11)14/h1-7,15H. The molecule has 0 bridgehead atoms. The molecule has 0 atom stereocenters. The van der Waals surface area contributed by atoms with E-state index in [4.69, 9.17) is 23.2 Å². The minimum absolute atomic E-state index is 0.165. The Labute approximate surface area is 97.9 Å². The molecule has 0 saturated heterocycles. The lowest BCUT2D eigenvalue weighted by Gasteiger charge is -2.04. The van der Waals surface area contributed by atoms with E-state index in [0.29, 0.717) is 10.0 Å². The molecule has 0 aliphatic carbocycles. The maximum Gasteiger partial charge on any atom is 0.117 e. The van der Waals surface area contributed by atoms with Gasteiger partial charge in [-0.05, 0) is 35.9 Å². The van der Waals surface area contributed by atoms with Crippen molar-refractivity contribution in [1.29, 1.82) is 0 Å². The van der Waals surface area contributed by atoms with Crippen molar-refractivity contribution in [3.05, 3.63) is 52.5 Å². The maximum atomic E-state index is 9.22. The number of benzene rings is 2. The number of rotatable bonds is 1. The first-order valence-electron chi connectivity index (χ1n) is 4.41. The highest BCUT2D eigenvalue weighted by Gasteiger charge is 2.03. The number of phenolic OH excluding ortho intramolecular Hbond substituents is 1. The van der Waals surface area contributed by atoms with Crippen LogP contribution in [-0.2, 0) is 0 Å².